The Kier molecular flexibility index (Phi) is 6.80. The van der Waals surface area contributed by atoms with Crippen LogP contribution in [0.4, 0.5) is 0 Å². The molecule has 3 N–H and O–H groups in total. The van der Waals surface area contributed by atoms with Gasteiger partial charge in [-0.3, -0.25) is 0 Å². The third-order valence-corrected chi connectivity index (χ3v) is 3.32. The standard InChI is InChI=1S/C15H15Cl2NO.ClH/c16-13-6-12(7-14(17)8-13)11-3-1-10(2-4-11)5-15(18)9-19;/h1-4,6-8,15,19H,5,9,18H2;1H. The van der Waals surface area contributed by atoms with Crippen molar-refractivity contribution in [3.05, 3.63) is 58.1 Å². The zero-order valence-corrected chi connectivity index (χ0v) is 13.1. The van der Waals surface area contributed by atoms with Gasteiger partial charge in [0.1, 0.15) is 0 Å². The third kappa shape index (κ3) is 4.65. The van der Waals surface area contributed by atoms with Gasteiger partial charge in [0.25, 0.3) is 0 Å². The quantitative estimate of drug-likeness (QED) is 0.890. The Morgan fingerprint density at radius 2 is 1.50 bits per heavy atom. The monoisotopic (exact) mass is 331 g/mol. The number of aliphatic hydroxyl groups excluding tert-OH is 1. The molecule has 0 saturated heterocycles. The first-order chi connectivity index (χ1) is 9.08. The molecule has 0 amide bonds. The molecule has 2 nitrogen and oxygen atoms in total. The Hall–Kier alpha value is -0.770. The van der Waals surface area contributed by atoms with Crippen LogP contribution in [-0.4, -0.2) is 17.8 Å². The molecule has 0 saturated carbocycles. The molecule has 2 aromatic rings. The van der Waals surface area contributed by atoms with Gasteiger partial charge in [0.05, 0.1) is 6.61 Å². The molecule has 2 rings (SSSR count). The number of rotatable bonds is 4. The van der Waals surface area contributed by atoms with Crippen molar-refractivity contribution in [1.82, 2.24) is 0 Å². The normalized spacial score (nSPS) is 11.8. The molecule has 2 aromatic carbocycles. The Labute approximate surface area is 134 Å². The second-order valence-corrected chi connectivity index (χ2v) is 5.37. The second-order valence-electron chi connectivity index (χ2n) is 4.50. The molecule has 0 bridgehead atoms. The van der Waals surface area contributed by atoms with Crippen LogP contribution in [-0.2, 0) is 6.42 Å². The molecular formula is C15H16Cl3NO. The van der Waals surface area contributed by atoms with E-state index in [0.29, 0.717) is 16.5 Å². The minimum absolute atomic E-state index is 0. The average Bonchev–Trinajstić information content (AvgIpc) is 2.38. The van der Waals surface area contributed by atoms with E-state index in [0.717, 1.165) is 16.7 Å². The lowest BCUT2D eigenvalue weighted by Gasteiger charge is -2.09. The van der Waals surface area contributed by atoms with E-state index in [1.54, 1.807) is 6.07 Å². The van der Waals surface area contributed by atoms with Crippen LogP contribution < -0.4 is 5.73 Å². The summed E-state index contributed by atoms with van der Waals surface area (Å²) in [6.45, 7) is -0.00828. The summed E-state index contributed by atoms with van der Waals surface area (Å²) in [4.78, 5) is 0. The first-order valence-electron chi connectivity index (χ1n) is 6.00. The number of halogens is 3. The van der Waals surface area contributed by atoms with Gasteiger partial charge in [0, 0.05) is 16.1 Å². The van der Waals surface area contributed by atoms with Crippen molar-refractivity contribution >= 4 is 35.6 Å². The van der Waals surface area contributed by atoms with Crippen LogP contribution >= 0.6 is 35.6 Å². The summed E-state index contributed by atoms with van der Waals surface area (Å²) in [5.41, 5.74) is 8.83. The minimum Gasteiger partial charge on any atom is -0.395 e. The summed E-state index contributed by atoms with van der Waals surface area (Å²) in [6, 6.07) is 13.2. The molecule has 0 aromatic heterocycles. The van der Waals surface area contributed by atoms with E-state index < -0.39 is 0 Å². The summed E-state index contributed by atoms with van der Waals surface area (Å²) >= 11 is 12.0. The van der Waals surface area contributed by atoms with Crippen LogP contribution in [0, 0.1) is 0 Å². The Bertz CT molecular complexity index is 537. The van der Waals surface area contributed by atoms with Gasteiger partial charge in [-0.2, -0.15) is 0 Å². The van der Waals surface area contributed by atoms with Crippen LogP contribution in [0.3, 0.4) is 0 Å². The number of nitrogens with two attached hydrogens (primary N) is 1. The van der Waals surface area contributed by atoms with Gasteiger partial charge in [-0.25, -0.2) is 0 Å². The maximum absolute atomic E-state index is 8.94. The van der Waals surface area contributed by atoms with Gasteiger partial charge in [0.15, 0.2) is 0 Å². The fourth-order valence-corrected chi connectivity index (χ4v) is 2.45. The Balaban J connectivity index is 0.00000200. The van der Waals surface area contributed by atoms with Crippen LogP contribution in [0.5, 0.6) is 0 Å². The molecule has 0 spiro atoms. The molecule has 20 heavy (non-hydrogen) atoms. The highest BCUT2D eigenvalue weighted by molar-refractivity contribution is 6.35. The van der Waals surface area contributed by atoms with Gasteiger partial charge >= 0.3 is 0 Å². The van der Waals surface area contributed by atoms with Crippen LogP contribution in [0.15, 0.2) is 42.5 Å². The zero-order chi connectivity index (χ0) is 13.8. The molecule has 0 radical (unpaired) electrons. The first kappa shape index (κ1) is 17.3. The maximum Gasteiger partial charge on any atom is 0.0585 e. The second kappa shape index (κ2) is 7.87. The highest BCUT2D eigenvalue weighted by Gasteiger charge is 2.04. The van der Waals surface area contributed by atoms with Gasteiger partial charge in [-0.05, 0) is 41.3 Å². The SMILES string of the molecule is Cl.NC(CO)Cc1ccc(-c2cc(Cl)cc(Cl)c2)cc1. The van der Waals surface area contributed by atoms with Crippen molar-refractivity contribution in [3.63, 3.8) is 0 Å². The summed E-state index contributed by atoms with van der Waals surface area (Å²) in [5, 5.41) is 10.2. The fourth-order valence-electron chi connectivity index (χ4n) is 1.92. The lowest BCUT2D eigenvalue weighted by atomic mass is 10.0. The third-order valence-electron chi connectivity index (χ3n) is 2.88. The molecule has 0 fully saturated rings. The largest absolute Gasteiger partial charge is 0.395 e. The summed E-state index contributed by atoms with van der Waals surface area (Å²) < 4.78 is 0. The highest BCUT2D eigenvalue weighted by atomic mass is 35.5. The van der Waals surface area contributed by atoms with E-state index in [1.807, 2.05) is 36.4 Å². The molecule has 0 aliphatic heterocycles. The zero-order valence-electron chi connectivity index (χ0n) is 10.7. The summed E-state index contributed by atoms with van der Waals surface area (Å²) in [6.07, 6.45) is 0.660. The first-order valence-corrected chi connectivity index (χ1v) is 6.76. The van der Waals surface area contributed by atoms with Crippen LogP contribution in [0.25, 0.3) is 11.1 Å². The van der Waals surface area contributed by atoms with Crippen molar-refractivity contribution in [3.8, 4) is 11.1 Å². The van der Waals surface area contributed by atoms with Crippen molar-refractivity contribution in [2.75, 3.05) is 6.61 Å². The van der Waals surface area contributed by atoms with Crippen molar-refractivity contribution in [1.29, 1.82) is 0 Å². The van der Waals surface area contributed by atoms with Gasteiger partial charge < -0.3 is 10.8 Å². The lowest BCUT2D eigenvalue weighted by Crippen LogP contribution is -2.26. The smallest absolute Gasteiger partial charge is 0.0585 e. The van der Waals surface area contributed by atoms with E-state index in [9.17, 15) is 0 Å². The molecule has 1 unspecified atom stereocenters. The molecule has 108 valence electrons. The topological polar surface area (TPSA) is 46.2 Å². The fraction of sp³-hybridized carbons (Fsp3) is 0.200. The summed E-state index contributed by atoms with van der Waals surface area (Å²) in [5.74, 6) is 0. The van der Waals surface area contributed by atoms with E-state index in [-0.39, 0.29) is 25.1 Å². The number of benzene rings is 2. The Morgan fingerprint density at radius 1 is 0.950 bits per heavy atom. The van der Waals surface area contributed by atoms with E-state index in [2.05, 4.69) is 0 Å². The van der Waals surface area contributed by atoms with Crippen molar-refractivity contribution in [2.24, 2.45) is 5.73 Å². The van der Waals surface area contributed by atoms with E-state index in [1.165, 1.54) is 0 Å². The molecule has 0 heterocycles. The molecule has 0 aliphatic carbocycles. The number of aliphatic hydroxyl groups is 1. The predicted octanol–water partition coefficient (Wildman–Crippen LogP) is 3.94. The van der Waals surface area contributed by atoms with E-state index >= 15 is 0 Å². The highest BCUT2D eigenvalue weighted by Crippen LogP contribution is 2.27. The van der Waals surface area contributed by atoms with Crippen molar-refractivity contribution < 1.29 is 5.11 Å². The molecule has 0 aliphatic rings. The lowest BCUT2D eigenvalue weighted by molar-refractivity contribution is 0.265. The maximum atomic E-state index is 8.94. The predicted molar refractivity (Wildman–Crippen MR) is 87.9 cm³/mol. The average molecular weight is 333 g/mol. The van der Waals surface area contributed by atoms with E-state index in [4.69, 9.17) is 34.0 Å². The number of hydrogen-bond acceptors (Lipinski definition) is 2. The van der Waals surface area contributed by atoms with Gasteiger partial charge in [-0.1, -0.05) is 47.5 Å². The van der Waals surface area contributed by atoms with Crippen LogP contribution in [0.2, 0.25) is 10.0 Å². The Morgan fingerprint density at radius 3 is 2.00 bits per heavy atom. The van der Waals surface area contributed by atoms with Crippen LogP contribution in [0.1, 0.15) is 5.56 Å². The molecule has 5 heteroatoms. The number of hydrogen-bond donors (Lipinski definition) is 2. The summed E-state index contributed by atoms with van der Waals surface area (Å²) in [7, 11) is 0. The molecule has 1 atom stereocenters. The van der Waals surface area contributed by atoms with Gasteiger partial charge in [0.2, 0.25) is 0 Å². The van der Waals surface area contributed by atoms with Gasteiger partial charge in [-0.15, -0.1) is 12.4 Å². The van der Waals surface area contributed by atoms with Crippen molar-refractivity contribution in [2.45, 2.75) is 12.5 Å². The molecular weight excluding hydrogens is 317 g/mol. The minimum atomic E-state index is -0.216.